The van der Waals surface area contributed by atoms with Gasteiger partial charge >= 0.3 is 6.03 Å². The van der Waals surface area contributed by atoms with Crippen molar-refractivity contribution in [3.63, 3.8) is 0 Å². The van der Waals surface area contributed by atoms with E-state index in [1.54, 1.807) is 0 Å². The third-order valence-electron chi connectivity index (χ3n) is 4.54. The van der Waals surface area contributed by atoms with Crippen LogP contribution in [0.2, 0.25) is 0 Å². The molecule has 1 aliphatic heterocycles. The van der Waals surface area contributed by atoms with E-state index in [-0.39, 0.29) is 11.8 Å². The number of benzene rings is 1. The van der Waals surface area contributed by atoms with Gasteiger partial charge in [-0.15, -0.1) is 0 Å². The van der Waals surface area contributed by atoms with Crippen LogP contribution in [0.5, 0.6) is 0 Å². The monoisotopic (exact) mass is 320 g/mol. The Labute approximate surface area is 136 Å². The number of nitrogens with zero attached hydrogens (tertiary/aromatic N) is 2. The zero-order chi connectivity index (χ0) is 16.2. The molecule has 2 fully saturated rings. The van der Waals surface area contributed by atoms with Gasteiger partial charge < -0.3 is 20.4 Å². The fourth-order valence-electron chi connectivity index (χ4n) is 2.87. The van der Waals surface area contributed by atoms with Gasteiger partial charge in [0.05, 0.1) is 5.69 Å². The van der Waals surface area contributed by atoms with Gasteiger partial charge in [0.25, 0.3) is 0 Å². The summed E-state index contributed by atoms with van der Waals surface area (Å²) in [4.78, 5) is 16.1. The summed E-state index contributed by atoms with van der Waals surface area (Å²) in [5, 5.41) is 5.63. The molecule has 1 aliphatic carbocycles. The van der Waals surface area contributed by atoms with Gasteiger partial charge in [-0.2, -0.15) is 0 Å². The summed E-state index contributed by atoms with van der Waals surface area (Å²) in [6, 6.07) is 5.40. The molecule has 0 radical (unpaired) electrons. The zero-order valence-corrected chi connectivity index (χ0v) is 13.6. The molecule has 1 saturated heterocycles. The first-order chi connectivity index (χ1) is 11.2. The van der Waals surface area contributed by atoms with E-state index < -0.39 is 0 Å². The van der Waals surface area contributed by atoms with Crippen LogP contribution >= 0.6 is 0 Å². The van der Waals surface area contributed by atoms with Crippen LogP contribution in [0.1, 0.15) is 25.3 Å². The van der Waals surface area contributed by atoms with Crippen LogP contribution in [0, 0.1) is 5.82 Å². The van der Waals surface area contributed by atoms with Gasteiger partial charge in [-0.05, 0) is 37.1 Å². The Kier molecular flexibility index (Phi) is 5.00. The van der Waals surface area contributed by atoms with Crippen LogP contribution < -0.4 is 15.5 Å². The van der Waals surface area contributed by atoms with E-state index >= 15 is 0 Å². The summed E-state index contributed by atoms with van der Waals surface area (Å²) >= 11 is 0. The highest BCUT2D eigenvalue weighted by Crippen LogP contribution is 2.22. The average molecular weight is 320 g/mol. The van der Waals surface area contributed by atoms with Crippen molar-refractivity contribution in [1.29, 1.82) is 0 Å². The highest BCUT2D eigenvalue weighted by Gasteiger charge is 2.23. The molecule has 0 unspecified atom stereocenters. The molecular formula is C17H25FN4O. The SMILES string of the molecule is CCN1CCN(c2ccc(CNC(=O)NC3CC3)cc2F)CC1. The first kappa shape index (κ1) is 16.1. The van der Waals surface area contributed by atoms with Crippen LogP contribution in [0.25, 0.3) is 0 Å². The number of amides is 2. The van der Waals surface area contributed by atoms with Gasteiger partial charge in [0.1, 0.15) is 5.82 Å². The maximum Gasteiger partial charge on any atom is 0.315 e. The van der Waals surface area contributed by atoms with Crippen molar-refractivity contribution in [2.45, 2.75) is 32.4 Å². The molecule has 1 aromatic carbocycles. The van der Waals surface area contributed by atoms with Crippen LogP contribution in [0.3, 0.4) is 0 Å². The lowest BCUT2D eigenvalue weighted by Gasteiger charge is -2.35. The number of urea groups is 1. The quantitative estimate of drug-likeness (QED) is 0.871. The fourth-order valence-corrected chi connectivity index (χ4v) is 2.87. The zero-order valence-electron chi connectivity index (χ0n) is 13.6. The smallest absolute Gasteiger partial charge is 0.315 e. The standard InChI is InChI=1S/C17H25FN4O/c1-2-21-7-9-22(10-8-21)16-6-3-13(11-15(16)18)12-19-17(23)20-14-4-5-14/h3,6,11,14H,2,4-5,7-10,12H2,1H3,(H2,19,20,23). The van der Waals surface area contributed by atoms with Crippen molar-refractivity contribution < 1.29 is 9.18 Å². The average Bonchev–Trinajstić information content (AvgIpc) is 3.37. The van der Waals surface area contributed by atoms with E-state index in [9.17, 15) is 9.18 Å². The summed E-state index contributed by atoms with van der Waals surface area (Å²) in [5.74, 6) is -0.211. The van der Waals surface area contributed by atoms with Crippen LogP contribution in [-0.4, -0.2) is 49.7 Å². The normalized spacial score (nSPS) is 18.8. The van der Waals surface area contributed by atoms with Crippen LogP contribution in [0.15, 0.2) is 18.2 Å². The van der Waals surface area contributed by atoms with Crippen molar-refractivity contribution in [2.24, 2.45) is 0 Å². The van der Waals surface area contributed by atoms with Crippen molar-refractivity contribution in [3.05, 3.63) is 29.6 Å². The lowest BCUT2D eigenvalue weighted by Crippen LogP contribution is -2.46. The Balaban J connectivity index is 1.54. The van der Waals surface area contributed by atoms with E-state index in [1.807, 2.05) is 12.1 Å². The number of carbonyl (C=O) groups is 1. The van der Waals surface area contributed by atoms with E-state index in [4.69, 9.17) is 0 Å². The molecule has 3 rings (SSSR count). The molecule has 1 aromatic rings. The van der Waals surface area contributed by atoms with Gasteiger partial charge in [-0.25, -0.2) is 9.18 Å². The topological polar surface area (TPSA) is 47.6 Å². The summed E-state index contributed by atoms with van der Waals surface area (Å²) in [7, 11) is 0. The highest BCUT2D eigenvalue weighted by molar-refractivity contribution is 5.74. The van der Waals surface area contributed by atoms with Crippen molar-refractivity contribution in [1.82, 2.24) is 15.5 Å². The van der Waals surface area contributed by atoms with E-state index in [0.717, 1.165) is 51.1 Å². The second kappa shape index (κ2) is 7.17. The van der Waals surface area contributed by atoms with Crippen LogP contribution in [-0.2, 0) is 6.54 Å². The first-order valence-electron chi connectivity index (χ1n) is 8.46. The molecule has 2 N–H and O–H groups in total. The number of hydrogen-bond donors (Lipinski definition) is 2. The van der Waals surface area contributed by atoms with Gasteiger partial charge in [-0.1, -0.05) is 13.0 Å². The molecule has 6 heteroatoms. The van der Waals surface area contributed by atoms with Crippen molar-refractivity contribution in [2.75, 3.05) is 37.6 Å². The lowest BCUT2D eigenvalue weighted by atomic mass is 10.1. The number of carbonyl (C=O) groups excluding carboxylic acids is 1. The minimum absolute atomic E-state index is 0.173. The van der Waals surface area contributed by atoms with Crippen molar-refractivity contribution in [3.8, 4) is 0 Å². The maximum atomic E-state index is 14.4. The predicted molar refractivity (Wildman–Crippen MR) is 89.1 cm³/mol. The largest absolute Gasteiger partial charge is 0.367 e. The molecule has 2 amide bonds. The summed E-state index contributed by atoms with van der Waals surface area (Å²) in [6.07, 6.45) is 2.12. The van der Waals surface area contributed by atoms with E-state index in [0.29, 0.717) is 18.3 Å². The molecule has 0 atom stereocenters. The lowest BCUT2D eigenvalue weighted by molar-refractivity contribution is 0.240. The number of halogens is 1. The molecule has 1 saturated carbocycles. The molecule has 2 aliphatic rings. The second-order valence-electron chi connectivity index (χ2n) is 6.31. The third-order valence-corrected chi connectivity index (χ3v) is 4.54. The molecule has 126 valence electrons. The molecule has 1 heterocycles. The number of piperazine rings is 1. The predicted octanol–water partition coefficient (Wildman–Crippen LogP) is 1.93. The van der Waals surface area contributed by atoms with Gasteiger partial charge in [0.15, 0.2) is 0 Å². The molecule has 23 heavy (non-hydrogen) atoms. The van der Waals surface area contributed by atoms with Gasteiger partial charge in [-0.3, -0.25) is 0 Å². The fraction of sp³-hybridized carbons (Fsp3) is 0.588. The van der Waals surface area contributed by atoms with Crippen molar-refractivity contribution >= 4 is 11.7 Å². The Morgan fingerprint density at radius 3 is 2.61 bits per heavy atom. The maximum absolute atomic E-state index is 14.4. The Bertz CT molecular complexity index is 554. The Morgan fingerprint density at radius 1 is 1.26 bits per heavy atom. The number of hydrogen-bond acceptors (Lipinski definition) is 3. The molecule has 0 bridgehead atoms. The Hall–Kier alpha value is -1.82. The number of nitrogens with one attached hydrogen (secondary N) is 2. The molecule has 5 nitrogen and oxygen atoms in total. The second-order valence-corrected chi connectivity index (χ2v) is 6.31. The number of anilines is 1. The highest BCUT2D eigenvalue weighted by atomic mass is 19.1. The minimum Gasteiger partial charge on any atom is -0.367 e. The summed E-state index contributed by atoms with van der Waals surface area (Å²) in [6.45, 7) is 7.19. The molecular weight excluding hydrogens is 295 g/mol. The number of likely N-dealkylation sites (N-methyl/N-ethyl adjacent to an activating group) is 1. The number of rotatable bonds is 5. The van der Waals surface area contributed by atoms with Crippen LogP contribution in [0.4, 0.5) is 14.9 Å². The minimum atomic E-state index is -0.211. The summed E-state index contributed by atoms with van der Waals surface area (Å²) < 4.78 is 14.4. The van der Waals surface area contributed by atoms with Gasteiger partial charge in [0, 0.05) is 38.8 Å². The summed E-state index contributed by atoms with van der Waals surface area (Å²) in [5.41, 5.74) is 1.44. The molecule has 0 aromatic heterocycles. The van der Waals surface area contributed by atoms with Gasteiger partial charge in [0.2, 0.25) is 0 Å². The third kappa shape index (κ3) is 4.34. The molecule has 0 spiro atoms. The Morgan fingerprint density at radius 2 is 2.00 bits per heavy atom. The van der Waals surface area contributed by atoms with E-state index in [2.05, 4.69) is 27.4 Å². The van der Waals surface area contributed by atoms with E-state index in [1.165, 1.54) is 6.07 Å². The first-order valence-corrected chi connectivity index (χ1v) is 8.46.